The summed E-state index contributed by atoms with van der Waals surface area (Å²) in [6.07, 6.45) is 8.23. The van der Waals surface area contributed by atoms with Crippen LogP contribution in [0.25, 0.3) is 0 Å². The van der Waals surface area contributed by atoms with Gasteiger partial charge in [0.1, 0.15) is 0 Å². The summed E-state index contributed by atoms with van der Waals surface area (Å²) in [4.78, 5) is 0. The number of rotatable bonds is 3. The molecule has 4 heteroatoms. The first-order valence-electron chi connectivity index (χ1n) is 5.26. The van der Waals surface area contributed by atoms with Crippen LogP contribution in [-0.2, 0) is 14.3 Å². The fourth-order valence-corrected chi connectivity index (χ4v) is 2.47. The van der Waals surface area contributed by atoms with Gasteiger partial charge in [-0.3, -0.25) is 4.18 Å². The zero-order chi connectivity index (χ0) is 10.7. The Morgan fingerprint density at radius 2 is 1.64 bits per heavy atom. The van der Waals surface area contributed by atoms with E-state index in [-0.39, 0.29) is 5.41 Å². The topological polar surface area (TPSA) is 43.4 Å². The van der Waals surface area contributed by atoms with E-state index >= 15 is 0 Å². The molecule has 0 aromatic heterocycles. The van der Waals surface area contributed by atoms with Gasteiger partial charge in [-0.25, -0.2) is 0 Å². The summed E-state index contributed by atoms with van der Waals surface area (Å²) in [7, 11) is -3.27. The van der Waals surface area contributed by atoms with E-state index < -0.39 is 10.1 Å². The van der Waals surface area contributed by atoms with Crippen molar-refractivity contribution in [3.05, 3.63) is 0 Å². The molecule has 1 fully saturated rings. The Balaban J connectivity index is 2.47. The smallest absolute Gasteiger partial charge is 0.264 e. The third kappa shape index (κ3) is 4.42. The van der Waals surface area contributed by atoms with Gasteiger partial charge in [0.25, 0.3) is 10.1 Å². The Morgan fingerprint density at radius 3 is 2.07 bits per heavy atom. The van der Waals surface area contributed by atoms with E-state index in [4.69, 9.17) is 4.18 Å². The van der Waals surface area contributed by atoms with Gasteiger partial charge in [-0.05, 0) is 18.3 Å². The average molecular weight is 220 g/mol. The summed E-state index contributed by atoms with van der Waals surface area (Å²) >= 11 is 0. The Labute approximate surface area is 87.0 Å². The molecule has 0 amide bonds. The molecule has 84 valence electrons. The second kappa shape index (κ2) is 4.62. The van der Waals surface area contributed by atoms with Crippen LogP contribution in [0.5, 0.6) is 0 Å². The van der Waals surface area contributed by atoms with Gasteiger partial charge in [0.15, 0.2) is 0 Å². The van der Waals surface area contributed by atoms with Gasteiger partial charge in [0, 0.05) is 0 Å². The lowest BCUT2D eigenvalue weighted by Crippen LogP contribution is -2.24. The molecule has 0 radical (unpaired) electrons. The first-order valence-corrected chi connectivity index (χ1v) is 7.07. The predicted molar refractivity (Wildman–Crippen MR) is 56.6 cm³/mol. The lowest BCUT2D eigenvalue weighted by Gasteiger charge is -2.26. The average Bonchev–Trinajstić information content (AvgIpc) is 2.27. The second-order valence-corrected chi connectivity index (χ2v) is 6.34. The molecule has 0 heterocycles. The van der Waals surface area contributed by atoms with Gasteiger partial charge in [-0.15, -0.1) is 0 Å². The molecular weight excluding hydrogens is 200 g/mol. The monoisotopic (exact) mass is 220 g/mol. The normalized spacial score (nSPS) is 23.0. The largest absolute Gasteiger partial charge is 0.270 e. The van der Waals surface area contributed by atoms with Crippen molar-refractivity contribution in [1.29, 1.82) is 0 Å². The van der Waals surface area contributed by atoms with Crippen LogP contribution in [0, 0.1) is 5.41 Å². The zero-order valence-electron chi connectivity index (χ0n) is 9.08. The highest BCUT2D eigenvalue weighted by molar-refractivity contribution is 7.85. The van der Waals surface area contributed by atoms with Crippen molar-refractivity contribution in [3.63, 3.8) is 0 Å². The highest BCUT2D eigenvalue weighted by atomic mass is 32.2. The van der Waals surface area contributed by atoms with Crippen molar-refractivity contribution in [1.82, 2.24) is 0 Å². The van der Waals surface area contributed by atoms with Crippen LogP contribution in [0.3, 0.4) is 0 Å². The summed E-state index contributed by atoms with van der Waals surface area (Å²) in [5.41, 5.74) is 0.0690. The third-order valence-corrected chi connectivity index (χ3v) is 3.48. The molecule has 0 atom stereocenters. The minimum absolute atomic E-state index is 0.0690. The molecule has 0 N–H and O–H groups in total. The van der Waals surface area contributed by atoms with Crippen LogP contribution in [-0.4, -0.2) is 21.3 Å². The maximum Gasteiger partial charge on any atom is 0.264 e. The lowest BCUT2D eigenvalue weighted by atomic mass is 9.84. The molecule has 0 aliphatic heterocycles. The van der Waals surface area contributed by atoms with Gasteiger partial charge in [-0.2, -0.15) is 8.42 Å². The molecule has 1 aliphatic carbocycles. The molecule has 0 aromatic rings. The minimum Gasteiger partial charge on any atom is -0.270 e. The van der Waals surface area contributed by atoms with Gasteiger partial charge >= 0.3 is 0 Å². The van der Waals surface area contributed by atoms with Crippen molar-refractivity contribution in [3.8, 4) is 0 Å². The molecular formula is C10H20O3S. The summed E-state index contributed by atoms with van der Waals surface area (Å²) in [6.45, 7) is 2.48. The fraction of sp³-hybridized carbons (Fsp3) is 1.00. The molecule has 14 heavy (non-hydrogen) atoms. The van der Waals surface area contributed by atoms with Crippen molar-refractivity contribution in [2.75, 3.05) is 12.9 Å². The van der Waals surface area contributed by atoms with Crippen LogP contribution >= 0.6 is 0 Å². The molecule has 0 unspecified atom stereocenters. The summed E-state index contributed by atoms with van der Waals surface area (Å²) in [5, 5.41) is 0. The van der Waals surface area contributed by atoms with Gasteiger partial charge in [0.2, 0.25) is 0 Å². The standard InChI is InChI=1S/C10H20O3S/c1-10(9-13-14(2,11)12)7-5-3-4-6-8-10/h3-9H2,1-2H3. The fourth-order valence-electron chi connectivity index (χ4n) is 1.98. The highest BCUT2D eigenvalue weighted by Crippen LogP contribution is 2.34. The molecule has 0 bridgehead atoms. The highest BCUT2D eigenvalue weighted by Gasteiger charge is 2.27. The second-order valence-electron chi connectivity index (χ2n) is 4.69. The van der Waals surface area contributed by atoms with E-state index in [0.717, 1.165) is 19.1 Å². The van der Waals surface area contributed by atoms with E-state index in [9.17, 15) is 8.42 Å². The lowest BCUT2D eigenvalue weighted by molar-refractivity contribution is 0.149. The maximum absolute atomic E-state index is 10.9. The predicted octanol–water partition coefficient (Wildman–Crippen LogP) is 2.32. The van der Waals surface area contributed by atoms with E-state index in [2.05, 4.69) is 6.92 Å². The van der Waals surface area contributed by atoms with Crippen molar-refractivity contribution < 1.29 is 12.6 Å². The number of hydrogen-bond donors (Lipinski definition) is 0. The van der Waals surface area contributed by atoms with Crippen LogP contribution in [0.1, 0.15) is 45.4 Å². The molecule has 1 rings (SSSR count). The van der Waals surface area contributed by atoms with Crippen LogP contribution < -0.4 is 0 Å². The molecule has 1 saturated carbocycles. The first kappa shape index (κ1) is 12.0. The molecule has 0 aromatic carbocycles. The Kier molecular flexibility index (Phi) is 3.95. The summed E-state index contributed by atoms with van der Waals surface area (Å²) in [6, 6.07) is 0. The van der Waals surface area contributed by atoms with Crippen LogP contribution in [0.2, 0.25) is 0 Å². The van der Waals surface area contributed by atoms with Gasteiger partial charge in [0.05, 0.1) is 12.9 Å². The van der Waals surface area contributed by atoms with Crippen molar-refractivity contribution in [2.24, 2.45) is 5.41 Å². The molecule has 3 nitrogen and oxygen atoms in total. The van der Waals surface area contributed by atoms with Gasteiger partial charge in [-0.1, -0.05) is 32.6 Å². The zero-order valence-corrected chi connectivity index (χ0v) is 9.90. The van der Waals surface area contributed by atoms with E-state index in [1.807, 2.05) is 0 Å². The molecule has 1 aliphatic rings. The third-order valence-electron chi connectivity index (χ3n) is 2.93. The minimum atomic E-state index is -3.27. The first-order chi connectivity index (χ1) is 6.41. The van der Waals surface area contributed by atoms with Crippen LogP contribution in [0.4, 0.5) is 0 Å². The quantitative estimate of drug-likeness (QED) is 0.541. The van der Waals surface area contributed by atoms with Crippen LogP contribution in [0.15, 0.2) is 0 Å². The summed E-state index contributed by atoms with van der Waals surface area (Å²) < 4.78 is 26.7. The maximum atomic E-state index is 10.9. The Hall–Kier alpha value is -0.0900. The molecule has 0 spiro atoms. The van der Waals surface area contributed by atoms with E-state index in [1.54, 1.807) is 0 Å². The number of hydrogen-bond acceptors (Lipinski definition) is 3. The van der Waals surface area contributed by atoms with E-state index in [1.165, 1.54) is 25.7 Å². The van der Waals surface area contributed by atoms with Crippen molar-refractivity contribution in [2.45, 2.75) is 45.4 Å². The molecule has 0 saturated heterocycles. The van der Waals surface area contributed by atoms with E-state index in [0.29, 0.717) is 6.61 Å². The Morgan fingerprint density at radius 1 is 1.14 bits per heavy atom. The summed E-state index contributed by atoms with van der Waals surface area (Å²) in [5.74, 6) is 0. The SMILES string of the molecule is CC1(COS(C)(=O)=O)CCCCCC1. The van der Waals surface area contributed by atoms with Gasteiger partial charge < -0.3 is 0 Å². The Bertz CT molecular complexity index is 261. The van der Waals surface area contributed by atoms with Crippen molar-refractivity contribution >= 4 is 10.1 Å².